The SMILES string of the molecule is CCN(CC)C(C)CNC(=O)c1cc(-c2cnn3ccc(-c4cccs4)nc23)nc(N2CCC[C@@H]2C(=O)NC)c1. The Morgan fingerprint density at radius 1 is 1.18 bits per heavy atom. The molecule has 0 aromatic carbocycles. The summed E-state index contributed by atoms with van der Waals surface area (Å²) < 4.78 is 1.72. The number of nitrogens with one attached hydrogen (secondary N) is 2. The van der Waals surface area contributed by atoms with Gasteiger partial charge in [0.1, 0.15) is 11.9 Å². The van der Waals surface area contributed by atoms with Crippen molar-refractivity contribution in [3.63, 3.8) is 0 Å². The van der Waals surface area contributed by atoms with Crippen molar-refractivity contribution < 1.29 is 9.59 Å². The summed E-state index contributed by atoms with van der Waals surface area (Å²) in [5.74, 6) is 0.365. The summed E-state index contributed by atoms with van der Waals surface area (Å²) in [5, 5.41) is 12.4. The van der Waals surface area contributed by atoms with Crippen LogP contribution in [0, 0.1) is 0 Å². The third kappa shape index (κ3) is 5.57. The average molecular weight is 561 g/mol. The zero-order chi connectivity index (χ0) is 28.2. The fourth-order valence-electron chi connectivity index (χ4n) is 5.34. The maximum Gasteiger partial charge on any atom is 0.251 e. The molecule has 0 aliphatic carbocycles. The smallest absolute Gasteiger partial charge is 0.251 e. The molecule has 2 amide bonds. The Kier molecular flexibility index (Phi) is 8.41. The molecule has 1 unspecified atom stereocenters. The van der Waals surface area contributed by atoms with Gasteiger partial charge in [0.15, 0.2) is 5.65 Å². The van der Waals surface area contributed by atoms with Crippen LogP contribution in [0.25, 0.3) is 27.5 Å². The van der Waals surface area contributed by atoms with Gasteiger partial charge in [0, 0.05) is 37.9 Å². The maximum absolute atomic E-state index is 13.5. The zero-order valence-electron chi connectivity index (χ0n) is 23.4. The third-order valence-electron chi connectivity index (χ3n) is 7.58. The molecule has 2 N–H and O–H groups in total. The van der Waals surface area contributed by atoms with Crippen molar-refractivity contribution >= 4 is 34.6 Å². The first-order valence-electron chi connectivity index (χ1n) is 13.8. The zero-order valence-corrected chi connectivity index (χ0v) is 24.2. The van der Waals surface area contributed by atoms with E-state index < -0.39 is 0 Å². The van der Waals surface area contributed by atoms with Crippen LogP contribution in [0.15, 0.2) is 48.1 Å². The lowest BCUT2D eigenvalue weighted by Crippen LogP contribution is -2.43. The summed E-state index contributed by atoms with van der Waals surface area (Å²) in [4.78, 5) is 41.4. The van der Waals surface area contributed by atoms with Gasteiger partial charge in [-0.2, -0.15) is 5.10 Å². The Bertz CT molecular complexity index is 1480. The standard InChI is InChI=1S/C29H36N8O2S/c1-5-35(6-2)19(3)17-31-28(38)20-15-23(33-26(16-20)36-12-7-9-24(36)29(39)30-4)21-18-32-37-13-11-22(34-27(21)37)25-10-8-14-40-25/h8,10-11,13-16,18-19,24H,5-7,9,12,17H2,1-4H3,(H,30,39)(H,31,38)/t19?,24-/m1/s1. The van der Waals surface area contributed by atoms with Crippen LogP contribution in [0.5, 0.6) is 0 Å². The summed E-state index contributed by atoms with van der Waals surface area (Å²) >= 11 is 1.62. The van der Waals surface area contributed by atoms with Crippen molar-refractivity contribution in [3.05, 3.63) is 53.7 Å². The number of thiophene rings is 1. The minimum Gasteiger partial charge on any atom is -0.357 e. The normalized spacial score (nSPS) is 16.0. The summed E-state index contributed by atoms with van der Waals surface area (Å²) in [6, 6.07) is 9.43. The van der Waals surface area contributed by atoms with Gasteiger partial charge in [-0.3, -0.25) is 14.5 Å². The van der Waals surface area contributed by atoms with Crippen molar-refractivity contribution in [2.45, 2.75) is 45.7 Å². The second-order valence-electron chi connectivity index (χ2n) is 9.96. The Balaban J connectivity index is 1.55. The number of carbonyl (C=O) groups excluding carboxylic acids is 2. The molecule has 1 saturated heterocycles. The predicted molar refractivity (Wildman–Crippen MR) is 159 cm³/mol. The minimum atomic E-state index is -0.334. The Labute approximate surface area is 238 Å². The second kappa shape index (κ2) is 12.1. The van der Waals surface area contributed by atoms with E-state index >= 15 is 0 Å². The number of hydrogen-bond donors (Lipinski definition) is 2. The number of fused-ring (bicyclic) bond motifs is 1. The van der Waals surface area contributed by atoms with Crippen molar-refractivity contribution in [2.24, 2.45) is 0 Å². The van der Waals surface area contributed by atoms with Crippen LogP contribution in [0.3, 0.4) is 0 Å². The third-order valence-corrected chi connectivity index (χ3v) is 8.47. The molecule has 0 radical (unpaired) electrons. The van der Waals surface area contributed by atoms with Crippen LogP contribution in [0.1, 0.15) is 44.0 Å². The maximum atomic E-state index is 13.5. The van der Waals surface area contributed by atoms with E-state index in [0.29, 0.717) is 35.8 Å². The molecular weight excluding hydrogens is 524 g/mol. The van der Waals surface area contributed by atoms with Crippen LogP contribution >= 0.6 is 11.3 Å². The van der Waals surface area contributed by atoms with Gasteiger partial charge in [-0.25, -0.2) is 14.5 Å². The van der Waals surface area contributed by atoms with Gasteiger partial charge < -0.3 is 15.5 Å². The molecule has 5 heterocycles. The molecule has 4 aromatic heterocycles. The van der Waals surface area contributed by atoms with Crippen LogP contribution in [0.2, 0.25) is 0 Å². The van der Waals surface area contributed by atoms with Gasteiger partial charge in [0.2, 0.25) is 5.91 Å². The highest BCUT2D eigenvalue weighted by molar-refractivity contribution is 7.13. The summed E-state index contributed by atoms with van der Waals surface area (Å²) in [7, 11) is 1.65. The van der Waals surface area contributed by atoms with Crippen LogP contribution < -0.4 is 15.5 Å². The topological polar surface area (TPSA) is 108 Å². The first-order valence-corrected chi connectivity index (χ1v) is 14.7. The predicted octanol–water partition coefficient (Wildman–Crippen LogP) is 3.69. The second-order valence-corrected chi connectivity index (χ2v) is 10.9. The van der Waals surface area contributed by atoms with Crippen molar-refractivity contribution in [1.82, 2.24) is 35.1 Å². The first kappa shape index (κ1) is 27.7. The largest absolute Gasteiger partial charge is 0.357 e. The van der Waals surface area contributed by atoms with Gasteiger partial charge in [-0.1, -0.05) is 19.9 Å². The number of nitrogens with zero attached hydrogens (tertiary/aromatic N) is 6. The Morgan fingerprint density at radius 2 is 2.00 bits per heavy atom. The van der Waals surface area contributed by atoms with E-state index in [4.69, 9.17) is 9.97 Å². The molecule has 11 heteroatoms. The highest BCUT2D eigenvalue weighted by Crippen LogP contribution is 2.31. The molecule has 4 aromatic rings. The number of hydrogen-bond acceptors (Lipinski definition) is 8. The van der Waals surface area contributed by atoms with Gasteiger partial charge in [0.05, 0.1) is 28.0 Å². The quantitative estimate of drug-likeness (QED) is 0.305. The van der Waals surface area contributed by atoms with Crippen LogP contribution in [0.4, 0.5) is 5.82 Å². The molecule has 5 rings (SSSR count). The van der Waals surface area contributed by atoms with E-state index in [2.05, 4.69) is 41.4 Å². The number of rotatable bonds is 10. The number of pyridine rings is 1. The molecule has 1 aliphatic heterocycles. The van der Waals surface area contributed by atoms with E-state index in [-0.39, 0.29) is 23.9 Å². The molecule has 210 valence electrons. The van der Waals surface area contributed by atoms with Gasteiger partial charge in [0.25, 0.3) is 5.91 Å². The van der Waals surface area contributed by atoms with Crippen molar-refractivity contribution in [3.8, 4) is 21.8 Å². The van der Waals surface area contributed by atoms with Crippen molar-refractivity contribution in [1.29, 1.82) is 0 Å². The lowest BCUT2D eigenvalue weighted by atomic mass is 10.1. The molecule has 10 nitrogen and oxygen atoms in total. The van der Waals surface area contributed by atoms with E-state index in [1.807, 2.05) is 34.7 Å². The molecule has 2 atom stereocenters. The summed E-state index contributed by atoms with van der Waals surface area (Å²) in [6.45, 7) is 9.41. The Morgan fingerprint density at radius 3 is 2.73 bits per heavy atom. The number of amides is 2. The molecular formula is C29H36N8O2S. The molecule has 0 saturated carbocycles. The number of likely N-dealkylation sites (N-methyl/N-ethyl adjacent to an activating group) is 2. The van der Waals surface area contributed by atoms with Crippen LogP contribution in [-0.4, -0.2) is 81.6 Å². The number of carbonyl (C=O) groups is 2. The average Bonchev–Trinajstić information content (AvgIpc) is 3.76. The molecule has 1 fully saturated rings. The van der Waals surface area contributed by atoms with Gasteiger partial charge in [-0.15, -0.1) is 11.3 Å². The van der Waals surface area contributed by atoms with Crippen molar-refractivity contribution in [2.75, 3.05) is 38.1 Å². The van der Waals surface area contributed by atoms with Gasteiger partial charge in [-0.05, 0) is 62.5 Å². The lowest BCUT2D eigenvalue weighted by Gasteiger charge is -2.27. The number of aromatic nitrogens is 4. The molecule has 0 spiro atoms. The highest BCUT2D eigenvalue weighted by atomic mass is 32.1. The van der Waals surface area contributed by atoms with E-state index in [0.717, 1.165) is 42.1 Å². The Hall–Kier alpha value is -3.83. The molecule has 40 heavy (non-hydrogen) atoms. The summed E-state index contributed by atoms with van der Waals surface area (Å²) in [5.41, 5.74) is 3.31. The fourth-order valence-corrected chi connectivity index (χ4v) is 6.04. The lowest BCUT2D eigenvalue weighted by molar-refractivity contribution is -0.121. The molecule has 1 aliphatic rings. The van der Waals surface area contributed by atoms with Crippen LogP contribution in [-0.2, 0) is 4.79 Å². The first-order chi connectivity index (χ1) is 19.4. The monoisotopic (exact) mass is 560 g/mol. The van der Waals surface area contributed by atoms with E-state index in [1.165, 1.54) is 0 Å². The minimum absolute atomic E-state index is 0.0537. The van der Waals surface area contributed by atoms with E-state index in [1.54, 1.807) is 41.2 Å². The molecule has 0 bridgehead atoms. The fraction of sp³-hybridized carbons (Fsp3) is 0.414. The summed E-state index contributed by atoms with van der Waals surface area (Å²) in [6.07, 6.45) is 5.22. The van der Waals surface area contributed by atoms with E-state index in [9.17, 15) is 9.59 Å². The van der Waals surface area contributed by atoms with Gasteiger partial charge >= 0.3 is 0 Å². The number of anilines is 1. The highest BCUT2D eigenvalue weighted by Gasteiger charge is 2.32.